The molecule has 0 saturated carbocycles. The van der Waals surface area contributed by atoms with Gasteiger partial charge in [-0.15, -0.1) is 0 Å². The minimum atomic E-state index is -0.250. The van der Waals surface area contributed by atoms with Crippen LogP contribution < -0.4 is 10.6 Å². The fourth-order valence-electron chi connectivity index (χ4n) is 2.38. The molecule has 6 heteroatoms. The molecule has 0 radical (unpaired) electrons. The molecule has 1 aromatic heterocycles. The third kappa shape index (κ3) is 3.77. The van der Waals surface area contributed by atoms with E-state index in [9.17, 15) is 9.59 Å². The Bertz CT molecular complexity index is 734. The van der Waals surface area contributed by atoms with Crippen molar-refractivity contribution in [2.75, 3.05) is 11.9 Å². The summed E-state index contributed by atoms with van der Waals surface area (Å²) in [6.07, 6.45) is 2.33. The predicted octanol–water partition coefficient (Wildman–Crippen LogP) is 2.43. The number of nitrogens with one attached hydrogen (secondary N) is 2. The maximum absolute atomic E-state index is 12.5. The van der Waals surface area contributed by atoms with Crippen LogP contribution in [0.5, 0.6) is 0 Å². The number of benzene rings is 1. The van der Waals surface area contributed by atoms with Crippen LogP contribution in [0.3, 0.4) is 0 Å². The molecule has 2 amide bonds. The Balaban J connectivity index is 2.23. The zero-order chi connectivity index (χ0) is 17.0. The van der Waals surface area contributed by atoms with E-state index in [0.717, 1.165) is 17.5 Å². The molecule has 2 N–H and O–H groups in total. The lowest BCUT2D eigenvalue weighted by atomic mass is 10.1. The van der Waals surface area contributed by atoms with Gasteiger partial charge in [-0.2, -0.15) is 5.10 Å². The van der Waals surface area contributed by atoms with Crippen LogP contribution in [0.2, 0.25) is 0 Å². The van der Waals surface area contributed by atoms with Gasteiger partial charge >= 0.3 is 0 Å². The number of aryl methyl sites for hydroxylation is 3. The molecule has 0 aliphatic rings. The van der Waals surface area contributed by atoms with Crippen LogP contribution in [0.1, 0.15) is 45.3 Å². The second-order valence-corrected chi connectivity index (χ2v) is 5.56. The first kappa shape index (κ1) is 16.7. The Morgan fingerprint density at radius 2 is 1.96 bits per heavy atom. The smallest absolute Gasteiger partial charge is 0.271 e. The van der Waals surface area contributed by atoms with Crippen molar-refractivity contribution >= 4 is 17.5 Å². The first-order valence-electron chi connectivity index (χ1n) is 7.62. The van der Waals surface area contributed by atoms with Gasteiger partial charge in [0, 0.05) is 19.2 Å². The van der Waals surface area contributed by atoms with Crippen LogP contribution in [0.15, 0.2) is 24.4 Å². The molecule has 122 valence electrons. The average Bonchev–Trinajstić information content (AvgIpc) is 2.85. The van der Waals surface area contributed by atoms with E-state index in [1.54, 1.807) is 13.1 Å². The molecule has 0 saturated heterocycles. The largest absolute Gasteiger partial charge is 0.351 e. The number of hydrogen-bond donors (Lipinski definition) is 2. The molecule has 2 aromatic rings. The third-order valence-corrected chi connectivity index (χ3v) is 3.56. The SMILES string of the molecule is CCCNC(=O)c1c(NC(=O)c2ccc(C)cc2C)cnn1C. The molecule has 0 aliphatic heterocycles. The molecule has 0 bridgehead atoms. The summed E-state index contributed by atoms with van der Waals surface area (Å²) in [6.45, 7) is 6.42. The Morgan fingerprint density at radius 3 is 2.61 bits per heavy atom. The average molecular weight is 314 g/mol. The molecule has 0 fully saturated rings. The summed E-state index contributed by atoms with van der Waals surface area (Å²) in [5, 5.41) is 9.65. The Kier molecular flexibility index (Phi) is 5.16. The van der Waals surface area contributed by atoms with Crippen molar-refractivity contribution < 1.29 is 9.59 Å². The van der Waals surface area contributed by atoms with Crippen LogP contribution in [0, 0.1) is 13.8 Å². The molecule has 6 nitrogen and oxygen atoms in total. The molecule has 0 spiro atoms. The van der Waals surface area contributed by atoms with Gasteiger partial charge < -0.3 is 10.6 Å². The van der Waals surface area contributed by atoms with Gasteiger partial charge in [0.1, 0.15) is 5.69 Å². The Hall–Kier alpha value is -2.63. The Morgan fingerprint density at radius 1 is 1.22 bits per heavy atom. The van der Waals surface area contributed by atoms with E-state index in [2.05, 4.69) is 15.7 Å². The summed E-state index contributed by atoms with van der Waals surface area (Å²) in [7, 11) is 1.67. The number of nitrogens with zero attached hydrogens (tertiary/aromatic N) is 2. The lowest BCUT2D eigenvalue weighted by Crippen LogP contribution is -2.27. The van der Waals surface area contributed by atoms with Gasteiger partial charge in [0.15, 0.2) is 0 Å². The van der Waals surface area contributed by atoms with E-state index < -0.39 is 0 Å². The van der Waals surface area contributed by atoms with Gasteiger partial charge in [0.05, 0.1) is 11.9 Å². The van der Waals surface area contributed by atoms with Gasteiger partial charge in [0.25, 0.3) is 11.8 Å². The van der Waals surface area contributed by atoms with Crippen molar-refractivity contribution in [2.24, 2.45) is 7.05 Å². The van der Waals surface area contributed by atoms with E-state index in [1.165, 1.54) is 10.9 Å². The van der Waals surface area contributed by atoms with Crippen molar-refractivity contribution in [3.8, 4) is 0 Å². The fourth-order valence-corrected chi connectivity index (χ4v) is 2.38. The van der Waals surface area contributed by atoms with Gasteiger partial charge in [0.2, 0.25) is 0 Å². The summed E-state index contributed by atoms with van der Waals surface area (Å²) >= 11 is 0. The van der Waals surface area contributed by atoms with Crippen LogP contribution in [0.4, 0.5) is 5.69 Å². The van der Waals surface area contributed by atoms with Crippen LogP contribution in [-0.2, 0) is 7.05 Å². The highest BCUT2D eigenvalue weighted by Crippen LogP contribution is 2.17. The van der Waals surface area contributed by atoms with Gasteiger partial charge in [-0.3, -0.25) is 14.3 Å². The maximum atomic E-state index is 12.5. The van der Waals surface area contributed by atoms with Crippen molar-refractivity contribution in [1.82, 2.24) is 15.1 Å². The fraction of sp³-hybridized carbons (Fsp3) is 0.353. The normalized spacial score (nSPS) is 10.4. The maximum Gasteiger partial charge on any atom is 0.271 e. The van der Waals surface area contributed by atoms with Crippen molar-refractivity contribution in [3.05, 3.63) is 46.8 Å². The molecule has 2 rings (SSSR count). The number of carbonyl (C=O) groups is 2. The molecule has 1 heterocycles. The van der Waals surface area contributed by atoms with Crippen LogP contribution >= 0.6 is 0 Å². The summed E-state index contributed by atoms with van der Waals surface area (Å²) in [5.41, 5.74) is 3.32. The number of aromatic nitrogens is 2. The summed E-state index contributed by atoms with van der Waals surface area (Å²) in [6, 6.07) is 5.63. The van der Waals surface area contributed by atoms with Crippen molar-refractivity contribution in [3.63, 3.8) is 0 Å². The number of amides is 2. The number of rotatable bonds is 5. The van der Waals surface area contributed by atoms with E-state index in [-0.39, 0.29) is 11.8 Å². The van der Waals surface area contributed by atoms with Gasteiger partial charge in [-0.05, 0) is 31.9 Å². The molecular formula is C17H22N4O2. The molecule has 0 aliphatic carbocycles. The highest BCUT2D eigenvalue weighted by atomic mass is 16.2. The zero-order valence-corrected chi connectivity index (χ0v) is 13.9. The molecular weight excluding hydrogens is 292 g/mol. The standard InChI is InChI=1S/C17H22N4O2/c1-5-8-18-17(23)15-14(10-19-21(15)4)20-16(22)13-7-6-11(2)9-12(13)3/h6-7,9-10H,5,8H2,1-4H3,(H,18,23)(H,20,22). The van der Waals surface area contributed by atoms with Crippen molar-refractivity contribution in [1.29, 1.82) is 0 Å². The highest BCUT2D eigenvalue weighted by molar-refractivity contribution is 6.09. The highest BCUT2D eigenvalue weighted by Gasteiger charge is 2.19. The number of hydrogen-bond acceptors (Lipinski definition) is 3. The molecule has 0 atom stereocenters. The van der Waals surface area contributed by atoms with Crippen LogP contribution in [-0.4, -0.2) is 28.1 Å². The number of anilines is 1. The topological polar surface area (TPSA) is 76.0 Å². The summed E-state index contributed by atoms with van der Waals surface area (Å²) in [5.74, 6) is -0.497. The monoisotopic (exact) mass is 314 g/mol. The lowest BCUT2D eigenvalue weighted by Gasteiger charge is -2.10. The minimum absolute atomic E-state index is 0.247. The van der Waals surface area contributed by atoms with E-state index in [0.29, 0.717) is 23.5 Å². The Labute approximate surface area is 135 Å². The first-order valence-corrected chi connectivity index (χ1v) is 7.62. The second kappa shape index (κ2) is 7.09. The summed E-state index contributed by atoms with van der Waals surface area (Å²) < 4.78 is 1.46. The van der Waals surface area contributed by atoms with Crippen molar-refractivity contribution in [2.45, 2.75) is 27.2 Å². The van der Waals surface area contributed by atoms with E-state index in [4.69, 9.17) is 0 Å². The predicted molar refractivity (Wildman–Crippen MR) is 89.7 cm³/mol. The summed E-state index contributed by atoms with van der Waals surface area (Å²) in [4.78, 5) is 24.7. The minimum Gasteiger partial charge on any atom is -0.351 e. The lowest BCUT2D eigenvalue weighted by molar-refractivity contribution is 0.0945. The van der Waals surface area contributed by atoms with Gasteiger partial charge in [-0.25, -0.2) is 0 Å². The van der Waals surface area contributed by atoms with Gasteiger partial charge in [-0.1, -0.05) is 24.6 Å². The molecule has 0 unspecified atom stereocenters. The van der Waals surface area contributed by atoms with Crippen LogP contribution in [0.25, 0.3) is 0 Å². The third-order valence-electron chi connectivity index (χ3n) is 3.56. The molecule has 1 aromatic carbocycles. The molecule has 23 heavy (non-hydrogen) atoms. The van der Waals surface area contributed by atoms with E-state index >= 15 is 0 Å². The first-order chi connectivity index (χ1) is 10.9. The number of carbonyl (C=O) groups excluding carboxylic acids is 2. The quantitative estimate of drug-likeness (QED) is 0.890. The zero-order valence-electron chi connectivity index (χ0n) is 13.9. The second-order valence-electron chi connectivity index (χ2n) is 5.56. The van der Waals surface area contributed by atoms with E-state index in [1.807, 2.05) is 32.9 Å².